The van der Waals surface area contributed by atoms with Crippen molar-refractivity contribution in [2.75, 3.05) is 13.2 Å². The van der Waals surface area contributed by atoms with Gasteiger partial charge in [-0.25, -0.2) is 4.79 Å². The zero-order valence-corrected chi connectivity index (χ0v) is 24.6. The lowest BCUT2D eigenvalue weighted by Gasteiger charge is -2.28. The molecule has 2 aliphatic rings. The van der Waals surface area contributed by atoms with Gasteiger partial charge in [-0.3, -0.25) is 4.79 Å². The molecular weight excluding hydrogens is 536 g/mol. The maximum atomic E-state index is 12.7. The van der Waals surface area contributed by atoms with Gasteiger partial charge >= 0.3 is 11.9 Å². The van der Waals surface area contributed by atoms with Crippen LogP contribution in [0, 0.1) is 5.92 Å². The third kappa shape index (κ3) is 9.88. The molecule has 4 rings (SSSR count). The van der Waals surface area contributed by atoms with Gasteiger partial charge in [-0.05, 0) is 55.6 Å². The first-order valence-corrected chi connectivity index (χ1v) is 15.3. The van der Waals surface area contributed by atoms with Crippen molar-refractivity contribution in [1.29, 1.82) is 0 Å². The van der Waals surface area contributed by atoms with Gasteiger partial charge in [-0.1, -0.05) is 80.4 Å². The Morgan fingerprint density at radius 2 is 1.57 bits per heavy atom. The Labute approximate surface area is 249 Å². The smallest absolute Gasteiger partial charge is 0.378 e. The van der Waals surface area contributed by atoms with Gasteiger partial charge in [0.1, 0.15) is 25.9 Å². The van der Waals surface area contributed by atoms with Crippen molar-refractivity contribution in [3.05, 3.63) is 83.3 Å². The van der Waals surface area contributed by atoms with Crippen LogP contribution in [0.5, 0.6) is 0 Å². The Hall–Kier alpha value is -3.36. The summed E-state index contributed by atoms with van der Waals surface area (Å²) in [6.07, 6.45) is 6.59. The largest absolute Gasteiger partial charge is 0.485 e. The van der Waals surface area contributed by atoms with Gasteiger partial charge < -0.3 is 28.8 Å². The molecule has 0 saturated heterocycles. The Balaban J connectivity index is 1.26. The summed E-state index contributed by atoms with van der Waals surface area (Å²) in [6, 6.07) is 18.9. The van der Waals surface area contributed by atoms with E-state index in [-0.39, 0.29) is 43.7 Å². The summed E-state index contributed by atoms with van der Waals surface area (Å²) in [5.41, 5.74) is 1.75. The Bertz CT molecular complexity index is 1120. The van der Waals surface area contributed by atoms with Crippen LogP contribution in [0.1, 0.15) is 75.8 Å². The molecule has 0 radical (unpaired) electrons. The fraction of sp³-hybridized carbons (Fsp3) is 0.529. The van der Waals surface area contributed by atoms with Crippen molar-refractivity contribution in [2.45, 2.75) is 96.2 Å². The molecule has 2 unspecified atom stereocenters. The summed E-state index contributed by atoms with van der Waals surface area (Å²) in [5, 5.41) is 10.9. The van der Waals surface area contributed by atoms with Gasteiger partial charge in [-0.2, -0.15) is 0 Å². The summed E-state index contributed by atoms with van der Waals surface area (Å²) in [5.74, 6) is -0.631. The molecule has 8 nitrogen and oxygen atoms in total. The normalized spacial score (nSPS) is 21.1. The molecule has 0 spiro atoms. The maximum absolute atomic E-state index is 12.7. The number of aliphatic hydroxyl groups is 1. The Morgan fingerprint density at radius 3 is 2.21 bits per heavy atom. The molecule has 228 valence electrons. The van der Waals surface area contributed by atoms with E-state index in [4.69, 9.17) is 23.7 Å². The predicted octanol–water partition coefficient (Wildman–Crippen LogP) is 6.01. The van der Waals surface area contributed by atoms with Gasteiger partial charge in [0.05, 0.1) is 6.10 Å². The van der Waals surface area contributed by atoms with Crippen LogP contribution in [0.15, 0.2) is 72.2 Å². The van der Waals surface area contributed by atoms with Crippen LogP contribution < -0.4 is 0 Å². The lowest BCUT2D eigenvalue weighted by molar-refractivity contribution is -0.155. The van der Waals surface area contributed by atoms with Gasteiger partial charge in [0.2, 0.25) is 5.76 Å². The van der Waals surface area contributed by atoms with Crippen molar-refractivity contribution in [2.24, 2.45) is 5.92 Å². The molecule has 2 atom stereocenters. The number of rotatable bonds is 17. The SMILES string of the molecule is CCCCCOC1CCC(CCC(=O)OCC(O)C2OC(=O)C(OCc3ccccc3)=C2OCc2ccccc2)CC1. The molecule has 1 fully saturated rings. The number of benzene rings is 2. The van der Waals surface area contributed by atoms with Gasteiger partial charge in [-0.15, -0.1) is 0 Å². The topological polar surface area (TPSA) is 101 Å². The zero-order chi connectivity index (χ0) is 29.6. The first kappa shape index (κ1) is 31.6. The summed E-state index contributed by atoms with van der Waals surface area (Å²) >= 11 is 0. The molecule has 1 saturated carbocycles. The standard InChI is InChI=1S/C34H44O8/c1-2-3-10-21-38-28-18-15-25(16-19-28)17-20-30(36)39-24-29(35)31-32(40-22-26-11-6-4-7-12-26)33(34(37)42-31)41-23-27-13-8-5-9-14-27/h4-9,11-14,25,28-29,31,35H,2-3,10,15-24H2,1H3. The molecule has 2 aromatic rings. The third-order valence-electron chi connectivity index (χ3n) is 7.78. The molecule has 0 amide bonds. The molecular formula is C34H44O8. The summed E-state index contributed by atoms with van der Waals surface area (Å²) in [6.45, 7) is 2.99. The first-order valence-electron chi connectivity index (χ1n) is 15.3. The molecule has 8 heteroatoms. The van der Waals surface area contributed by atoms with E-state index in [9.17, 15) is 14.7 Å². The van der Waals surface area contributed by atoms with Crippen molar-refractivity contribution >= 4 is 11.9 Å². The van der Waals surface area contributed by atoms with Crippen LogP contribution in [-0.2, 0) is 46.5 Å². The average molecular weight is 581 g/mol. The Morgan fingerprint density at radius 1 is 0.929 bits per heavy atom. The van der Waals surface area contributed by atoms with Crippen molar-refractivity contribution in [1.82, 2.24) is 0 Å². The van der Waals surface area contributed by atoms with E-state index in [1.165, 1.54) is 12.8 Å². The highest BCUT2D eigenvalue weighted by atomic mass is 16.6. The molecule has 0 aromatic heterocycles. The minimum Gasteiger partial charge on any atom is -0.485 e. The van der Waals surface area contributed by atoms with Crippen LogP contribution in [0.3, 0.4) is 0 Å². The molecule has 2 aromatic carbocycles. The number of aliphatic hydroxyl groups excluding tert-OH is 1. The minimum atomic E-state index is -1.30. The van der Waals surface area contributed by atoms with E-state index in [1.54, 1.807) is 0 Å². The molecule has 42 heavy (non-hydrogen) atoms. The number of unbranched alkanes of at least 4 members (excludes halogenated alkanes) is 2. The van der Waals surface area contributed by atoms with Crippen LogP contribution in [-0.4, -0.2) is 48.6 Å². The van der Waals surface area contributed by atoms with E-state index in [1.807, 2.05) is 60.7 Å². The molecule has 1 aliphatic heterocycles. The molecule has 1 heterocycles. The van der Waals surface area contributed by atoms with Gasteiger partial charge in [0, 0.05) is 13.0 Å². The van der Waals surface area contributed by atoms with Gasteiger partial charge in [0.25, 0.3) is 0 Å². The number of hydrogen-bond acceptors (Lipinski definition) is 8. The monoisotopic (exact) mass is 580 g/mol. The number of esters is 2. The van der Waals surface area contributed by atoms with Crippen molar-refractivity contribution in [3.8, 4) is 0 Å². The van der Waals surface area contributed by atoms with Crippen LogP contribution in [0.25, 0.3) is 0 Å². The van der Waals surface area contributed by atoms with E-state index in [0.29, 0.717) is 12.0 Å². The second-order valence-electron chi connectivity index (χ2n) is 11.1. The highest BCUT2D eigenvalue weighted by Gasteiger charge is 2.42. The lowest BCUT2D eigenvalue weighted by Crippen LogP contribution is -2.34. The van der Waals surface area contributed by atoms with E-state index < -0.39 is 18.2 Å². The van der Waals surface area contributed by atoms with E-state index in [0.717, 1.165) is 56.3 Å². The Kier molecular flexibility index (Phi) is 12.7. The summed E-state index contributed by atoms with van der Waals surface area (Å²) in [7, 11) is 0. The second kappa shape index (κ2) is 16.9. The summed E-state index contributed by atoms with van der Waals surface area (Å²) < 4.78 is 28.6. The van der Waals surface area contributed by atoms with E-state index >= 15 is 0 Å². The number of hydrogen-bond donors (Lipinski definition) is 1. The quantitative estimate of drug-likeness (QED) is 0.179. The highest BCUT2D eigenvalue weighted by molar-refractivity contribution is 5.89. The minimum absolute atomic E-state index is 0.0879. The maximum Gasteiger partial charge on any atom is 0.378 e. The number of cyclic esters (lactones) is 1. The van der Waals surface area contributed by atoms with Crippen molar-refractivity contribution in [3.63, 3.8) is 0 Å². The fourth-order valence-corrected chi connectivity index (χ4v) is 5.30. The number of carbonyl (C=O) groups excluding carboxylic acids is 2. The zero-order valence-electron chi connectivity index (χ0n) is 24.6. The van der Waals surface area contributed by atoms with Crippen LogP contribution in [0.4, 0.5) is 0 Å². The highest BCUT2D eigenvalue weighted by Crippen LogP contribution is 2.31. The average Bonchev–Trinajstić information content (AvgIpc) is 3.35. The van der Waals surface area contributed by atoms with Gasteiger partial charge in [0.15, 0.2) is 11.9 Å². The fourth-order valence-electron chi connectivity index (χ4n) is 5.30. The molecule has 1 aliphatic carbocycles. The van der Waals surface area contributed by atoms with E-state index in [2.05, 4.69) is 6.92 Å². The predicted molar refractivity (Wildman–Crippen MR) is 157 cm³/mol. The molecule has 0 bridgehead atoms. The lowest BCUT2D eigenvalue weighted by atomic mass is 9.84. The number of carbonyl (C=O) groups is 2. The molecule has 1 N–H and O–H groups in total. The van der Waals surface area contributed by atoms with Crippen LogP contribution >= 0.6 is 0 Å². The number of ether oxygens (including phenoxy) is 5. The summed E-state index contributed by atoms with van der Waals surface area (Å²) in [4.78, 5) is 25.3. The second-order valence-corrected chi connectivity index (χ2v) is 11.1. The third-order valence-corrected chi connectivity index (χ3v) is 7.78. The van der Waals surface area contributed by atoms with Crippen molar-refractivity contribution < 1.29 is 38.4 Å². The van der Waals surface area contributed by atoms with Crippen LogP contribution in [0.2, 0.25) is 0 Å². The first-order chi connectivity index (χ1) is 20.5.